The summed E-state index contributed by atoms with van der Waals surface area (Å²) in [4.78, 5) is 0. The molecule has 0 amide bonds. The van der Waals surface area contributed by atoms with Crippen LogP contribution in [-0.4, -0.2) is 19.9 Å². The van der Waals surface area contributed by atoms with Gasteiger partial charge in [-0.1, -0.05) is 45.4 Å². The Labute approximate surface area is 122 Å². The van der Waals surface area contributed by atoms with Gasteiger partial charge in [-0.2, -0.15) is 0 Å². The minimum Gasteiger partial charge on any atom is -0.388 e. The highest BCUT2D eigenvalue weighted by atomic mass is 79.9. The number of aliphatic hydroxyl groups is 1. The molecule has 0 fully saturated rings. The minimum absolute atomic E-state index is 0.102. The first kappa shape index (κ1) is 13.9. The number of rotatable bonds is 4. The molecule has 0 aliphatic heterocycles. The van der Waals surface area contributed by atoms with E-state index < -0.39 is 0 Å². The topological polar surface area (TPSA) is 50.9 Å². The molecule has 0 aliphatic rings. The number of aromatic nitrogens is 3. The van der Waals surface area contributed by atoms with Crippen molar-refractivity contribution in [2.45, 2.75) is 17.5 Å². The number of benzene rings is 1. The third kappa shape index (κ3) is 3.06. The largest absolute Gasteiger partial charge is 0.388 e. The lowest BCUT2D eigenvalue weighted by molar-refractivity contribution is 0.266. The second-order valence-corrected chi connectivity index (χ2v) is 5.87. The summed E-state index contributed by atoms with van der Waals surface area (Å²) in [7, 11) is 1.84. The summed E-state index contributed by atoms with van der Waals surface area (Å²) in [6.45, 7) is -0.102. The van der Waals surface area contributed by atoms with Gasteiger partial charge in [0.1, 0.15) is 6.61 Å². The molecular formula is C11H11BrClN3OS. The van der Waals surface area contributed by atoms with Gasteiger partial charge in [0, 0.05) is 22.3 Å². The zero-order valence-corrected chi connectivity index (χ0v) is 12.8. The van der Waals surface area contributed by atoms with Crippen molar-refractivity contribution in [3.05, 3.63) is 39.1 Å². The van der Waals surface area contributed by atoms with Crippen LogP contribution in [0.1, 0.15) is 11.4 Å². The van der Waals surface area contributed by atoms with Crippen LogP contribution in [0.5, 0.6) is 0 Å². The van der Waals surface area contributed by atoms with Crippen molar-refractivity contribution in [2.24, 2.45) is 7.05 Å². The Balaban J connectivity index is 2.09. The van der Waals surface area contributed by atoms with E-state index in [2.05, 4.69) is 26.1 Å². The van der Waals surface area contributed by atoms with Crippen LogP contribution in [0.3, 0.4) is 0 Å². The summed E-state index contributed by atoms with van der Waals surface area (Å²) in [5.41, 5.74) is 1.14. The molecule has 1 N–H and O–H groups in total. The fourth-order valence-electron chi connectivity index (χ4n) is 1.39. The van der Waals surface area contributed by atoms with E-state index in [1.807, 2.05) is 25.2 Å². The minimum atomic E-state index is -0.102. The normalized spacial score (nSPS) is 10.9. The summed E-state index contributed by atoms with van der Waals surface area (Å²) >= 11 is 10.9. The van der Waals surface area contributed by atoms with Crippen LogP contribution in [-0.2, 0) is 19.4 Å². The maximum atomic E-state index is 9.04. The zero-order chi connectivity index (χ0) is 13.1. The highest BCUT2D eigenvalue weighted by molar-refractivity contribution is 9.10. The van der Waals surface area contributed by atoms with Crippen LogP contribution in [0.25, 0.3) is 0 Å². The Bertz CT molecular complexity index is 561. The van der Waals surface area contributed by atoms with Gasteiger partial charge < -0.3 is 9.67 Å². The van der Waals surface area contributed by atoms with E-state index in [4.69, 9.17) is 16.7 Å². The van der Waals surface area contributed by atoms with Crippen LogP contribution in [0.2, 0.25) is 5.02 Å². The molecule has 0 saturated heterocycles. The number of thioether (sulfide) groups is 1. The first-order chi connectivity index (χ1) is 8.61. The van der Waals surface area contributed by atoms with Crippen LogP contribution in [0, 0.1) is 0 Å². The van der Waals surface area contributed by atoms with Gasteiger partial charge in [-0.05, 0) is 17.7 Å². The molecule has 0 saturated carbocycles. The Hall–Kier alpha value is -0.560. The molecule has 0 unspecified atom stereocenters. The van der Waals surface area contributed by atoms with Crippen molar-refractivity contribution in [1.82, 2.24) is 14.8 Å². The zero-order valence-electron chi connectivity index (χ0n) is 9.60. The highest BCUT2D eigenvalue weighted by Crippen LogP contribution is 2.28. The van der Waals surface area contributed by atoms with Gasteiger partial charge in [-0.15, -0.1) is 10.2 Å². The third-order valence-corrected chi connectivity index (χ3v) is 4.48. The van der Waals surface area contributed by atoms with E-state index in [1.165, 1.54) is 0 Å². The van der Waals surface area contributed by atoms with E-state index >= 15 is 0 Å². The van der Waals surface area contributed by atoms with Crippen molar-refractivity contribution < 1.29 is 5.11 Å². The summed E-state index contributed by atoms with van der Waals surface area (Å²) < 4.78 is 2.76. The van der Waals surface area contributed by atoms with Gasteiger partial charge in [-0.25, -0.2) is 0 Å². The van der Waals surface area contributed by atoms with Crippen LogP contribution < -0.4 is 0 Å². The molecular weight excluding hydrogens is 338 g/mol. The van der Waals surface area contributed by atoms with Crippen LogP contribution in [0.15, 0.2) is 27.8 Å². The lowest BCUT2D eigenvalue weighted by Crippen LogP contribution is -1.98. The monoisotopic (exact) mass is 347 g/mol. The quantitative estimate of drug-likeness (QED) is 0.863. The second-order valence-electron chi connectivity index (χ2n) is 3.64. The number of nitrogens with zero attached hydrogens (tertiary/aromatic N) is 3. The Morgan fingerprint density at radius 3 is 2.83 bits per heavy atom. The maximum Gasteiger partial charge on any atom is 0.191 e. The molecule has 18 heavy (non-hydrogen) atoms. The first-order valence-corrected chi connectivity index (χ1v) is 7.33. The van der Waals surface area contributed by atoms with Gasteiger partial charge in [0.2, 0.25) is 0 Å². The van der Waals surface area contributed by atoms with E-state index in [-0.39, 0.29) is 6.61 Å². The van der Waals surface area contributed by atoms with Gasteiger partial charge in [0.05, 0.1) is 0 Å². The molecule has 1 heterocycles. The standard InChI is InChI=1S/C11H11BrClN3OS/c1-16-10(5-17)14-15-11(16)18-6-7-2-3-8(13)4-9(7)12/h2-4,17H,5-6H2,1H3. The van der Waals surface area contributed by atoms with Crippen molar-refractivity contribution >= 4 is 39.3 Å². The molecule has 7 heteroatoms. The van der Waals surface area contributed by atoms with Gasteiger partial charge in [-0.3, -0.25) is 0 Å². The molecule has 0 aliphatic carbocycles. The Morgan fingerprint density at radius 2 is 2.22 bits per heavy atom. The molecule has 0 spiro atoms. The Morgan fingerprint density at radius 1 is 1.44 bits per heavy atom. The average Bonchev–Trinajstić information content (AvgIpc) is 2.69. The smallest absolute Gasteiger partial charge is 0.191 e. The van der Waals surface area contributed by atoms with Crippen molar-refractivity contribution in [1.29, 1.82) is 0 Å². The summed E-state index contributed by atoms with van der Waals surface area (Å²) in [6, 6.07) is 5.70. The fraction of sp³-hybridized carbons (Fsp3) is 0.273. The van der Waals surface area contributed by atoms with E-state index in [9.17, 15) is 0 Å². The van der Waals surface area contributed by atoms with E-state index in [0.717, 1.165) is 20.9 Å². The Kier molecular flexibility index (Phi) is 4.66. The molecule has 2 rings (SSSR count). The van der Waals surface area contributed by atoms with Gasteiger partial charge in [0.15, 0.2) is 11.0 Å². The van der Waals surface area contributed by atoms with E-state index in [0.29, 0.717) is 10.8 Å². The molecule has 96 valence electrons. The van der Waals surface area contributed by atoms with Crippen molar-refractivity contribution in [2.75, 3.05) is 0 Å². The van der Waals surface area contributed by atoms with Crippen LogP contribution >= 0.6 is 39.3 Å². The van der Waals surface area contributed by atoms with Crippen LogP contribution in [0.4, 0.5) is 0 Å². The fourth-order valence-corrected chi connectivity index (χ4v) is 3.33. The van der Waals surface area contributed by atoms with Gasteiger partial charge in [0.25, 0.3) is 0 Å². The van der Waals surface area contributed by atoms with Crippen molar-refractivity contribution in [3.8, 4) is 0 Å². The maximum absolute atomic E-state index is 9.04. The lowest BCUT2D eigenvalue weighted by Gasteiger charge is -2.05. The second kappa shape index (κ2) is 6.06. The summed E-state index contributed by atoms with van der Waals surface area (Å²) in [5.74, 6) is 1.32. The number of hydrogen-bond acceptors (Lipinski definition) is 4. The van der Waals surface area contributed by atoms with E-state index in [1.54, 1.807) is 16.3 Å². The molecule has 0 bridgehead atoms. The highest BCUT2D eigenvalue weighted by Gasteiger charge is 2.09. The molecule has 1 aromatic heterocycles. The summed E-state index contributed by atoms with van der Waals surface area (Å²) in [6.07, 6.45) is 0. The average molecular weight is 349 g/mol. The van der Waals surface area contributed by atoms with Crippen molar-refractivity contribution in [3.63, 3.8) is 0 Å². The lowest BCUT2D eigenvalue weighted by atomic mass is 10.2. The predicted octanol–water partition coefficient (Wildman–Crippen LogP) is 3.02. The molecule has 1 aromatic carbocycles. The number of hydrogen-bond donors (Lipinski definition) is 1. The SMILES string of the molecule is Cn1c(CO)nnc1SCc1ccc(Cl)cc1Br. The summed E-state index contributed by atoms with van der Waals surface area (Å²) in [5, 5.41) is 18.4. The molecule has 0 atom stereocenters. The van der Waals surface area contributed by atoms with Gasteiger partial charge >= 0.3 is 0 Å². The number of halogens is 2. The first-order valence-electron chi connectivity index (χ1n) is 5.17. The molecule has 2 aromatic rings. The number of aliphatic hydroxyl groups excluding tert-OH is 1. The molecule has 0 radical (unpaired) electrons. The molecule has 4 nitrogen and oxygen atoms in total. The predicted molar refractivity (Wildman–Crippen MR) is 75.6 cm³/mol. The third-order valence-electron chi connectivity index (χ3n) is 2.44.